The van der Waals surface area contributed by atoms with Crippen LogP contribution < -0.4 is 5.73 Å². The van der Waals surface area contributed by atoms with Crippen molar-refractivity contribution in [2.45, 2.75) is 0 Å². The minimum atomic E-state index is 0.533. The largest absolute Gasteiger partial charge is 0.398 e. The van der Waals surface area contributed by atoms with Gasteiger partial charge in [0.25, 0.3) is 0 Å². The van der Waals surface area contributed by atoms with Gasteiger partial charge in [-0.1, -0.05) is 6.07 Å². The molecule has 2 rings (SSSR count). The van der Waals surface area contributed by atoms with E-state index in [9.17, 15) is 0 Å². The van der Waals surface area contributed by atoms with Gasteiger partial charge in [0.1, 0.15) is 6.07 Å². The highest BCUT2D eigenvalue weighted by atomic mass is 14.7. The average molecular weight is 169 g/mol. The van der Waals surface area contributed by atoms with Crippen LogP contribution in [0.15, 0.2) is 30.5 Å². The molecule has 3 nitrogen and oxygen atoms in total. The van der Waals surface area contributed by atoms with E-state index in [0.29, 0.717) is 11.3 Å². The van der Waals surface area contributed by atoms with Crippen molar-refractivity contribution in [2.24, 2.45) is 0 Å². The second-order valence-corrected chi connectivity index (χ2v) is 2.75. The van der Waals surface area contributed by atoms with Crippen molar-refractivity contribution >= 4 is 16.6 Å². The molecule has 0 aliphatic carbocycles. The summed E-state index contributed by atoms with van der Waals surface area (Å²) in [7, 11) is 0. The molecule has 0 aliphatic heterocycles. The molecule has 1 aromatic carbocycles. The maximum atomic E-state index is 8.66. The SMILES string of the molecule is N#Cc1cnc2cccc(N)c2c1. The standard InChI is InChI=1S/C10H7N3/c11-5-7-4-8-9(12)2-1-3-10(8)13-6-7/h1-4,6H,12H2. The van der Waals surface area contributed by atoms with Crippen LogP contribution in [0.4, 0.5) is 5.69 Å². The molecule has 0 saturated heterocycles. The number of fused-ring (bicyclic) bond motifs is 1. The van der Waals surface area contributed by atoms with Crippen LogP contribution in [0.1, 0.15) is 5.56 Å². The van der Waals surface area contributed by atoms with Crippen LogP contribution in [-0.4, -0.2) is 4.98 Å². The minimum Gasteiger partial charge on any atom is -0.398 e. The van der Waals surface area contributed by atoms with Crippen molar-refractivity contribution in [1.82, 2.24) is 4.98 Å². The van der Waals surface area contributed by atoms with Crippen molar-refractivity contribution < 1.29 is 0 Å². The molecule has 0 unspecified atom stereocenters. The van der Waals surface area contributed by atoms with Gasteiger partial charge in [-0.3, -0.25) is 4.98 Å². The van der Waals surface area contributed by atoms with Crippen LogP contribution in [0.2, 0.25) is 0 Å². The van der Waals surface area contributed by atoms with Crippen LogP contribution >= 0.6 is 0 Å². The first-order chi connectivity index (χ1) is 6.31. The average Bonchev–Trinajstić information content (AvgIpc) is 2.18. The molecule has 0 spiro atoms. The lowest BCUT2D eigenvalue weighted by atomic mass is 10.1. The first-order valence-electron chi connectivity index (χ1n) is 3.85. The maximum Gasteiger partial charge on any atom is 0.101 e. The number of nitriles is 1. The number of hydrogen-bond donors (Lipinski definition) is 1. The van der Waals surface area contributed by atoms with E-state index in [2.05, 4.69) is 4.98 Å². The lowest BCUT2D eigenvalue weighted by molar-refractivity contribution is 1.37. The Kier molecular flexibility index (Phi) is 1.60. The number of nitrogen functional groups attached to an aromatic ring is 1. The van der Waals surface area contributed by atoms with Gasteiger partial charge in [0.05, 0.1) is 11.1 Å². The first kappa shape index (κ1) is 7.56. The van der Waals surface area contributed by atoms with Crippen LogP contribution in [0.25, 0.3) is 10.9 Å². The summed E-state index contributed by atoms with van der Waals surface area (Å²) < 4.78 is 0. The first-order valence-corrected chi connectivity index (χ1v) is 3.85. The number of pyridine rings is 1. The third kappa shape index (κ3) is 1.18. The lowest BCUT2D eigenvalue weighted by Gasteiger charge is -1.99. The topological polar surface area (TPSA) is 62.7 Å². The Hall–Kier alpha value is -2.08. The quantitative estimate of drug-likeness (QED) is 0.610. The fraction of sp³-hybridized carbons (Fsp3) is 0. The van der Waals surface area contributed by atoms with Gasteiger partial charge >= 0.3 is 0 Å². The zero-order valence-corrected chi connectivity index (χ0v) is 6.86. The van der Waals surface area contributed by atoms with Gasteiger partial charge in [0.2, 0.25) is 0 Å². The van der Waals surface area contributed by atoms with E-state index in [1.807, 2.05) is 18.2 Å². The number of hydrogen-bond acceptors (Lipinski definition) is 3. The van der Waals surface area contributed by atoms with Crippen LogP contribution in [0.5, 0.6) is 0 Å². The molecule has 0 amide bonds. The zero-order chi connectivity index (χ0) is 9.26. The van der Waals surface area contributed by atoms with Gasteiger partial charge in [-0.05, 0) is 18.2 Å². The Morgan fingerprint density at radius 3 is 3.00 bits per heavy atom. The van der Waals surface area contributed by atoms with Crippen molar-refractivity contribution in [1.29, 1.82) is 5.26 Å². The number of nitrogens with zero attached hydrogens (tertiary/aromatic N) is 2. The molecule has 2 N–H and O–H groups in total. The minimum absolute atomic E-state index is 0.533. The molecule has 0 saturated carbocycles. The fourth-order valence-corrected chi connectivity index (χ4v) is 1.23. The summed E-state index contributed by atoms with van der Waals surface area (Å²) in [6, 6.07) is 9.28. The molecule has 1 aromatic heterocycles. The highest BCUT2D eigenvalue weighted by Gasteiger charge is 1.99. The summed E-state index contributed by atoms with van der Waals surface area (Å²) in [5, 5.41) is 9.49. The summed E-state index contributed by atoms with van der Waals surface area (Å²) >= 11 is 0. The van der Waals surface area contributed by atoms with Gasteiger partial charge in [-0.2, -0.15) is 5.26 Å². The third-order valence-corrected chi connectivity index (χ3v) is 1.89. The zero-order valence-electron chi connectivity index (χ0n) is 6.86. The van der Waals surface area contributed by atoms with Crippen molar-refractivity contribution in [3.05, 3.63) is 36.0 Å². The molecule has 0 bridgehead atoms. The third-order valence-electron chi connectivity index (χ3n) is 1.89. The summed E-state index contributed by atoms with van der Waals surface area (Å²) in [6.07, 6.45) is 1.54. The van der Waals surface area contributed by atoms with Gasteiger partial charge in [0, 0.05) is 17.3 Å². The van der Waals surface area contributed by atoms with Crippen LogP contribution in [0, 0.1) is 11.3 Å². The molecular weight excluding hydrogens is 162 g/mol. The molecule has 0 fully saturated rings. The van der Waals surface area contributed by atoms with Crippen molar-refractivity contribution in [3.63, 3.8) is 0 Å². The Balaban J connectivity index is 2.84. The van der Waals surface area contributed by atoms with Crippen molar-refractivity contribution in [3.8, 4) is 6.07 Å². The van der Waals surface area contributed by atoms with Crippen molar-refractivity contribution in [2.75, 3.05) is 5.73 Å². The number of nitrogens with two attached hydrogens (primary N) is 1. The van der Waals surface area contributed by atoms with E-state index in [0.717, 1.165) is 10.9 Å². The van der Waals surface area contributed by atoms with Crippen LogP contribution in [0.3, 0.4) is 0 Å². The molecule has 2 aromatic rings. The molecule has 13 heavy (non-hydrogen) atoms. The number of aromatic nitrogens is 1. The second-order valence-electron chi connectivity index (χ2n) is 2.75. The smallest absolute Gasteiger partial charge is 0.101 e. The lowest BCUT2D eigenvalue weighted by Crippen LogP contribution is -1.89. The molecular formula is C10H7N3. The van der Waals surface area contributed by atoms with E-state index in [4.69, 9.17) is 11.0 Å². The van der Waals surface area contributed by atoms with E-state index in [-0.39, 0.29) is 0 Å². The summed E-state index contributed by atoms with van der Waals surface area (Å²) in [4.78, 5) is 4.11. The highest BCUT2D eigenvalue weighted by molar-refractivity contribution is 5.90. The van der Waals surface area contributed by atoms with Gasteiger partial charge in [-0.15, -0.1) is 0 Å². The fourth-order valence-electron chi connectivity index (χ4n) is 1.23. The molecule has 0 aliphatic rings. The number of anilines is 1. The molecule has 0 radical (unpaired) electrons. The Labute approximate surface area is 75.4 Å². The highest BCUT2D eigenvalue weighted by Crippen LogP contribution is 2.19. The maximum absolute atomic E-state index is 8.66. The van der Waals surface area contributed by atoms with Crippen LogP contribution in [-0.2, 0) is 0 Å². The second kappa shape index (κ2) is 2.76. The molecule has 62 valence electrons. The number of benzene rings is 1. The Morgan fingerprint density at radius 1 is 1.38 bits per heavy atom. The molecule has 1 heterocycles. The Bertz CT molecular complexity index is 497. The van der Waals surface area contributed by atoms with Gasteiger partial charge in [-0.25, -0.2) is 0 Å². The molecule has 3 heteroatoms. The predicted octanol–water partition coefficient (Wildman–Crippen LogP) is 1.69. The Morgan fingerprint density at radius 2 is 2.23 bits per heavy atom. The van der Waals surface area contributed by atoms with E-state index < -0.39 is 0 Å². The summed E-state index contributed by atoms with van der Waals surface area (Å²) in [5.41, 5.74) is 7.74. The van der Waals surface area contributed by atoms with Gasteiger partial charge in [0.15, 0.2) is 0 Å². The van der Waals surface area contributed by atoms with E-state index >= 15 is 0 Å². The monoisotopic (exact) mass is 169 g/mol. The molecule has 0 atom stereocenters. The number of rotatable bonds is 0. The van der Waals surface area contributed by atoms with Gasteiger partial charge < -0.3 is 5.73 Å². The van der Waals surface area contributed by atoms with E-state index in [1.54, 1.807) is 18.3 Å². The van der Waals surface area contributed by atoms with E-state index in [1.165, 1.54) is 0 Å². The summed E-state index contributed by atoms with van der Waals surface area (Å²) in [5.74, 6) is 0. The summed E-state index contributed by atoms with van der Waals surface area (Å²) in [6.45, 7) is 0. The predicted molar refractivity (Wildman–Crippen MR) is 50.9 cm³/mol. The normalized spacial score (nSPS) is 9.77.